The maximum absolute atomic E-state index is 5.89. The Morgan fingerprint density at radius 1 is 1.09 bits per heavy atom. The van der Waals surface area contributed by atoms with Gasteiger partial charge in [-0.2, -0.15) is 0 Å². The number of hydrogen-bond acceptors (Lipinski definition) is 2. The van der Waals surface area contributed by atoms with Crippen LogP contribution in [0.25, 0.3) is 0 Å². The van der Waals surface area contributed by atoms with Crippen molar-refractivity contribution in [3.05, 3.63) is 34.9 Å². The molecule has 0 amide bonds. The smallest absolute Gasteiger partial charge is 0.191 e. The Labute approximate surface area is 139 Å². The molecule has 0 radical (unpaired) electrons. The van der Waals surface area contributed by atoms with Gasteiger partial charge in [-0.25, -0.2) is 0 Å². The fourth-order valence-electron chi connectivity index (χ4n) is 1.92. The molecule has 0 saturated heterocycles. The van der Waals surface area contributed by atoms with Crippen LogP contribution < -0.4 is 16.0 Å². The van der Waals surface area contributed by atoms with Crippen molar-refractivity contribution in [1.82, 2.24) is 16.0 Å². The molecule has 0 fully saturated rings. The summed E-state index contributed by atoms with van der Waals surface area (Å²) in [5, 5.41) is 10.8. The van der Waals surface area contributed by atoms with E-state index in [0.717, 1.165) is 43.6 Å². The van der Waals surface area contributed by atoms with Crippen LogP contribution in [0, 0.1) is 0 Å². The van der Waals surface area contributed by atoms with Gasteiger partial charge in [0.2, 0.25) is 0 Å². The van der Waals surface area contributed by atoms with Crippen LogP contribution in [0.15, 0.2) is 29.3 Å². The van der Waals surface area contributed by atoms with Crippen molar-refractivity contribution >= 4 is 17.6 Å². The van der Waals surface area contributed by atoms with Crippen LogP contribution in [0.5, 0.6) is 0 Å². The highest BCUT2D eigenvalue weighted by molar-refractivity contribution is 6.30. The van der Waals surface area contributed by atoms with E-state index in [9.17, 15) is 0 Å². The van der Waals surface area contributed by atoms with Gasteiger partial charge in [-0.3, -0.25) is 4.99 Å². The fourth-order valence-corrected chi connectivity index (χ4v) is 2.04. The fraction of sp³-hybridized carbons (Fsp3) is 0.588. The maximum Gasteiger partial charge on any atom is 0.191 e. The first-order valence-corrected chi connectivity index (χ1v) is 8.30. The van der Waals surface area contributed by atoms with Crippen LogP contribution >= 0.6 is 11.6 Å². The lowest BCUT2D eigenvalue weighted by atomic mass is 10.1. The number of halogens is 1. The molecule has 4 nitrogen and oxygen atoms in total. The molecule has 0 aliphatic heterocycles. The summed E-state index contributed by atoms with van der Waals surface area (Å²) in [7, 11) is 0. The second-order valence-corrected chi connectivity index (χ2v) is 6.68. The van der Waals surface area contributed by atoms with Gasteiger partial charge < -0.3 is 16.0 Å². The monoisotopic (exact) mass is 324 g/mol. The minimum Gasteiger partial charge on any atom is -0.357 e. The highest BCUT2D eigenvalue weighted by atomic mass is 35.5. The number of benzene rings is 1. The van der Waals surface area contributed by atoms with Gasteiger partial charge in [-0.1, -0.05) is 23.7 Å². The lowest BCUT2D eigenvalue weighted by Gasteiger charge is -2.20. The number of guanidine groups is 1. The summed E-state index contributed by atoms with van der Waals surface area (Å²) >= 11 is 5.89. The van der Waals surface area contributed by atoms with Crippen molar-refractivity contribution in [2.24, 2.45) is 4.99 Å². The van der Waals surface area contributed by atoms with E-state index in [1.165, 1.54) is 5.56 Å². The van der Waals surface area contributed by atoms with Gasteiger partial charge in [-0.15, -0.1) is 0 Å². The van der Waals surface area contributed by atoms with Gasteiger partial charge in [0.15, 0.2) is 5.96 Å². The van der Waals surface area contributed by atoms with E-state index in [-0.39, 0.29) is 5.54 Å². The van der Waals surface area contributed by atoms with E-state index in [0.29, 0.717) is 0 Å². The highest BCUT2D eigenvalue weighted by Crippen LogP contribution is 2.09. The molecule has 0 atom stereocenters. The first kappa shape index (κ1) is 18.8. The average Bonchev–Trinajstić information content (AvgIpc) is 2.44. The van der Waals surface area contributed by atoms with Crippen molar-refractivity contribution in [2.75, 3.05) is 26.2 Å². The van der Waals surface area contributed by atoms with E-state index >= 15 is 0 Å². The second kappa shape index (κ2) is 9.70. The minimum atomic E-state index is 0.135. The third-order valence-electron chi connectivity index (χ3n) is 3.00. The standard InChI is InChI=1S/C17H29ClN4/c1-5-19-16(21-12-13-22-17(2,3)4)20-11-10-14-6-8-15(18)9-7-14/h6-9,22H,5,10-13H2,1-4H3,(H2,19,20,21). The molecule has 22 heavy (non-hydrogen) atoms. The lowest BCUT2D eigenvalue weighted by molar-refractivity contribution is 0.432. The van der Waals surface area contributed by atoms with Gasteiger partial charge in [-0.05, 0) is 51.8 Å². The number of nitrogens with one attached hydrogen (secondary N) is 3. The van der Waals surface area contributed by atoms with Gasteiger partial charge >= 0.3 is 0 Å². The van der Waals surface area contributed by atoms with Crippen molar-refractivity contribution < 1.29 is 0 Å². The third kappa shape index (κ3) is 8.90. The van der Waals surface area contributed by atoms with Crippen LogP contribution in [0.1, 0.15) is 33.3 Å². The SMILES string of the molecule is CCNC(=NCCNC(C)(C)C)NCCc1ccc(Cl)cc1. The van der Waals surface area contributed by atoms with Gasteiger partial charge in [0.05, 0.1) is 6.54 Å². The molecule has 0 aliphatic carbocycles. The lowest BCUT2D eigenvalue weighted by Crippen LogP contribution is -2.40. The molecule has 0 bridgehead atoms. The molecule has 1 aromatic carbocycles. The van der Waals surface area contributed by atoms with Crippen molar-refractivity contribution in [3.63, 3.8) is 0 Å². The Morgan fingerprint density at radius 2 is 1.77 bits per heavy atom. The topological polar surface area (TPSA) is 48.5 Å². The highest BCUT2D eigenvalue weighted by Gasteiger charge is 2.07. The zero-order valence-electron chi connectivity index (χ0n) is 14.2. The second-order valence-electron chi connectivity index (χ2n) is 6.24. The molecule has 1 aromatic rings. The molecule has 124 valence electrons. The average molecular weight is 325 g/mol. The number of nitrogens with zero attached hydrogens (tertiary/aromatic N) is 1. The minimum absolute atomic E-state index is 0.135. The largest absolute Gasteiger partial charge is 0.357 e. The van der Waals surface area contributed by atoms with Crippen molar-refractivity contribution in [2.45, 2.75) is 39.7 Å². The van der Waals surface area contributed by atoms with Crippen LogP contribution in [0.3, 0.4) is 0 Å². The first-order valence-electron chi connectivity index (χ1n) is 7.92. The molecule has 5 heteroatoms. The summed E-state index contributed by atoms with van der Waals surface area (Å²) in [5.74, 6) is 0.868. The predicted molar refractivity (Wildman–Crippen MR) is 96.9 cm³/mol. The Hall–Kier alpha value is -1.26. The predicted octanol–water partition coefficient (Wildman–Crippen LogP) is 2.83. The molecule has 0 heterocycles. The quantitative estimate of drug-likeness (QED) is 0.410. The van der Waals surface area contributed by atoms with E-state index < -0.39 is 0 Å². The summed E-state index contributed by atoms with van der Waals surface area (Å²) in [6, 6.07) is 7.96. The maximum atomic E-state index is 5.89. The van der Waals surface area contributed by atoms with Crippen LogP contribution in [-0.2, 0) is 6.42 Å². The van der Waals surface area contributed by atoms with Crippen LogP contribution in [-0.4, -0.2) is 37.7 Å². The Bertz CT molecular complexity index is 449. The van der Waals surface area contributed by atoms with E-state index in [4.69, 9.17) is 11.6 Å². The summed E-state index contributed by atoms with van der Waals surface area (Å²) in [6.07, 6.45) is 0.946. The third-order valence-corrected chi connectivity index (χ3v) is 3.25. The van der Waals surface area contributed by atoms with Crippen LogP contribution in [0.4, 0.5) is 0 Å². The molecular weight excluding hydrogens is 296 g/mol. The molecule has 0 spiro atoms. The Kier molecular flexibility index (Phi) is 8.28. The Balaban J connectivity index is 2.35. The summed E-state index contributed by atoms with van der Waals surface area (Å²) in [5.41, 5.74) is 1.40. The molecule has 1 rings (SSSR count). The number of hydrogen-bond donors (Lipinski definition) is 3. The van der Waals surface area contributed by atoms with Gasteiger partial charge in [0.25, 0.3) is 0 Å². The zero-order chi connectivity index (χ0) is 16.4. The molecule has 3 N–H and O–H groups in total. The van der Waals surface area contributed by atoms with E-state index in [1.54, 1.807) is 0 Å². The van der Waals surface area contributed by atoms with Crippen LogP contribution in [0.2, 0.25) is 5.02 Å². The Morgan fingerprint density at radius 3 is 2.36 bits per heavy atom. The van der Waals surface area contributed by atoms with Crippen molar-refractivity contribution in [3.8, 4) is 0 Å². The first-order chi connectivity index (χ1) is 10.4. The summed E-state index contributed by atoms with van der Waals surface area (Å²) < 4.78 is 0. The molecular formula is C17H29ClN4. The van der Waals surface area contributed by atoms with E-state index in [2.05, 4.69) is 60.8 Å². The molecule has 0 unspecified atom stereocenters. The van der Waals surface area contributed by atoms with E-state index in [1.807, 2.05) is 12.1 Å². The number of aliphatic imine (C=N–C) groups is 1. The zero-order valence-corrected chi connectivity index (χ0v) is 14.9. The molecule has 0 aliphatic rings. The molecule has 0 saturated carbocycles. The number of rotatable bonds is 7. The summed E-state index contributed by atoms with van der Waals surface area (Å²) in [4.78, 5) is 4.57. The summed E-state index contributed by atoms with van der Waals surface area (Å²) in [6.45, 7) is 11.9. The van der Waals surface area contributed by atoms with Gasteiger partial charge in [0.1, 0.15) is 0 Å². The van der Waals surface area contributed by atoms with Crippen molar-refractivity contribution in [1.29, 1.82) is 0 Å². The molecule has 0 aromatic heterocycles. The van der Waals surface area contributed by atoms with Gasteiger partial charge in [0, 0.05) is 30.2 Å². The normalized spacial score (nSPS) is 12.3.